The number of pyridine rings is 1. The molecule has 0 unspecified atom stereocenters. The molecule has 31 heavy (non-hydrogen) atoms. The first-order chi connectivity index (χ1) is 14.9. The van der Waals surface area contributed by atoms with Crippen molar-refractivity contribution in [2.24, 2.45) is 0 Å². The van der Waals surface area contributed by atoms with E-state index in [-0.39, 0.29) is 5.60 Å². The summed E-state index contributed by atoms with van der Waals surface area (Å²) in [5.41, 5.74) is 2.03. The topological polar surface area (TPSA) is 100.0 Å². The van der Waals surface area contributed by atoms with E-state index in [1.165, 1.54) is 0 Å². The van der Waals surface area contributed by atoms with Crippen LogP contribution in [0, 0.1) is 0 Å². The van der Waals surface area contributed by atoms with Gasteiger partial charge in [0, 0.05) is 23.2 Å². The lowest BCUT2D eigenvalue weighted by molar-refractivity contribution is -0.0181. The lowest BCUT2D eigenvalue weighted by Crippen LogP contribution is -2.19. The van der Waals surface area contributed by atoms with Crippen molar-refractivity contribution in [3.63, 3.8) is 0 Å². The molecule has 0 spiro atoms. The maximum Gasteiger partial charge on any atom is 0.181 e. The molecule has 0 bridgehead atoms. The highest BCUT2D eigenvalue weighted by Crippen LogP contribution is 2.28. The molecule has 0 aliphatic carbocycles. The van der Waals surface area contributed by atoms with Gasteiger partial charge in [0.2, 0.25) is 0 Å². The van der Waals surface area contributed by atoms with E-state index >= 15 is 0 Å². The molecule has 9 nitrogen and oxygen atoms in total. The molecule has 162 valence electrons. The average molecular weight is 422 g/mol. The Hall–Kier alpha value is -3.46. The first-order valence-electron chi connectivity index (χ1n) is 9.96. The Balaban J connectivity index is 1.76. The van der Waals surface area contributed by atoms with Gasteiger partial charge in [-0.2, -0.15) is 10.2 Å². The van der Waals surface area contributed by atoms with Crippen LogP contribution in [0.15, 0.2) is 36.5 Å². The normalized spacial score (nSPS) is 11.8. The van der Waals surface area contributed by atoms with Gasteiger partial charge >= 0.3 is 0 Å². The zero-order valence-corrected chi connectivity index (χ0v) is 18.3. The summed E-state index contributed by atoms with van der Waals surface area (Å²) in [6.45, 7) is 6.75. The summed E-state index contributed by atoms with van der Waals surface area (Å²) in [7, 11) is 3.26. The average Bonchev–Trinajstić information content (AvgIpc) is 3.35. The van der Waals surface area contributed by atoms with Crippen LogP contribution < -0.4 is 9.47 Å². The van der Waals surface area contributed by atoms with Crippen molar-refractivity contribution in [3.05, 3.63) is 47.9 Å². The van der Waals surface area contributed by atoms with Crippen LogP contribution in [0.5, 0.6) is 11.5 Å². The molecule has 0 atom stereocenters. The number of aromatic nitrogens is 6. The van der Waals surface area contributed by atoms with E-state index in [4.69, 9.17) is 24.3 Å². The molecular weight excluding hydrogens is 396 g/mol. The molecule has 0 saturated heterocycles. The van der Waals surface area contributed by atoms with Crippen molar-refractivity contribution in [2.75, 3.05) is 14.2 Å². The molecule has 4 aromatic rings. The smallest absolute Gasteiger partial charge is 0.181 e. The van der Waals surface area contributed by atoms with Crippen molar-refractivity contribution in [3.8, 4) is 23.0 Å². The molecular formula is C22H26N6O3. The minimum absolute atomic E-state index is 0.296. The third kappa shape index (κ3) is 4.51. The molecule has 0 saturated carbocycles. The van der Waals surface area contributed by atoms with Gasteiger partial charge in [0.05, 0.1) is 26.4 Å². The Labute approximate surface area is 180 Å². The fraction of sp³-hybridized carbons (Fsp3) is 0.364. The molecule has 4 rings (SSSR count). The lowest BCUT2D eigenvalue weighted by Gasteiger charge is -2.17. The van der Waals surface area contributed by atoms with E-state index in [9.17, 15) is 0 Å². The van der Waals surface area contributed by atoms with Crippen LogP contribution in [-0.2, 0) is 17.9 Å². The maximum atomic E-state index is 5.90. The predicted molar refractivity (Wildman–Crippen MR) is 116 cm³/mol. The molecule has 0 aliphatic rings. The molecule has 0 amide bonds. The second kappa shape index (κ2) is 8.35. The fourth-order valence-electron chi connectivity index (χ4n) is 3.19. The molecule has 0 aliphatic heterocycles. The number of rotatable bonds is 7. The van der Waals surface area contributed by atoms with E-state index in [0.29, 0.717) is 36.2 Å². The molecule has 0 radical (unpaired) electrons. The highest BCUT2D eigenvalue weighted by atomic mass is 16.5. The highest BCUT2D eigenvalue weighted by molar-refractivity contribution is 5.88. The molecule has 1 N–H and O–H groups in total. The molecule has 3 heterocycles. The van der Waals surface area contributed by atoms with Crippen LogP contribution in [-0.4, -0.2) is 49.8 Å². The van der Waals surface area contributed by atoms with Gasteiger partial charge in [-0.3, -0.25) is 5.10 Å². The van der Waals surface area contributed by atoms with E-state index in [0.717, 1.165) is 22.4 Å². The summed E-state index contributed by atoms with van der Waals surface area (Å²) in [5, 5.41) is 13.0. The molecule has 0 fully saturated rings. The van der Waals surface area contributed by atoms with Gasteiger partial charge in [0.15, 0.2) is 17.3 Å². The third-order valence-electron chi connectivity index (χ3n) is 4.72. The van der Waals surface area contributed by atoms with Gasteiger partial charge in [-0.25, -0.2) is 14.6 Å². The van der Waals surface area contributed by atoms with E-state index in [1.54, 1.807) is 20.4 Å². The Bertz CT molecular complexity index is 1190. The summed E-state index contributed by atoms with van der Waals surface area (Å²) in [5.74, 6) is 2.68. The Morgan fingerprint density at radius 1 is 1.10 bits per heavy atom. The van der Waals surface area contributed by atoms with Gasteiger partial charge in [-0.1, -0.05) is 0 Å². The number of aromatic amines is 1. The molecule has 1 aromatic carbocycles. The van der Waals surface area contributed by atoms with Gasteiger partial charge in [0.1, 0.15) is 23.8 Å². The largest absolute Gasteiger partial charge is 0.497 e. The Morgan fingerprint density at radius 3 is 2.68 bits per heavy atom. The van der Waals surface area contributed by atoms with E-state index in [1.807, 2.05) is 55.8 Å². The SMILES string of the molecule is COc1ccc(Cn2nc(COC(C)(C)C)nc2-c2[nH]nc3ncccc23)c(OC)c1. The minimum atomic E-state index is -0.296. The predicted octanol–water partition coefficient (Wildman–Crippen LogP) is 3.60. The zero-order chi connectivity index (χ0) is 22.0. The van der Waals surface area contributed by atoms with Crippen molar-refractivity contribution in [1.82, 2.24) is 29.9 Å². The number of hydrogen-bond donors (Lipinski definition) is 1. The quantitative estimate of drug-likeness (QED) is 0.486. The van der Waals surface area contributed by atoms with Crippen LogP contribution in [0.3, 0.4) is 0 Å². The highest BCUT2D eigenvalue weighted by Gasteiger charge is 2.20. The second-order valence-electron chi connectivity index (χ2n) is 8.06. The first-order valence-corrected chi connectivity index (χ1v) is 9.96. The summed E-state index contributed by atoms with van der Waals surface area (Å²) in [6, 6.07) is 9.54. The van der Waals surface area contributed by atoms with Gasteiger partial charge in [-0.15, -0.1) is 0 Å². The first kappa shape index (κ1) is 20.8. The van der Waals surface area contributed by atoms with E-state index in [2.05, 4.69) is 15.2 Å². The number of methoxy groups -OCH3 is 2. The fourth-order valence-corrected chi connectivity index (χ4v) is 3.19. The monoisotopic (exact) mass is 422 g/mol. The van der Waals surface area contributed by atoms with Gasteiger partial charge in [0.25, 0.3) is 0 Å². The van der Waals surface area contributed by atoms with E-state index < -0.39 is 0 Å². The summed E-state index contributed by atoms with van der Waals surface area (Å²) >= 11 is 0. The number of ether oxygens (including phenoxy) is 3. The summed E-state index contributed by atoms with van der Waals surface area (Å²) < 4.78 is 18.6. The van der Waals surface area contributed by atoms with Gasteiger partial charge < -0.3 is 14.2 Å². The number of H-pyrrole nitrogens is 1. The Morgan fingerprint density at radius 2 is 1.94 bits per heavy atom. The van der Waals surface area contributed by atoms with Crippen molar-refractivity contribution in [1.29, 1.82) is 0 Å². The van der Waals surface area contributed by atoms with Crippen LogP contribution in [0.2, 0.25) is 0 Å². The minimum Gasteiger partial charge on any atom is -0.497 e. The summed E-state index contributed by atoms with van der Waals surface area (Å²) in [6.07, 6.45) is 1.71. The van der Waals surface area contributed by atoms with Crippen LogP contribution in [0.25, 0.3) is 22.6 Å². The number of fused-ring (bicyclic) bond motifs is 1. The maximum absolute atomic E-state index is 5.90. The van der Waals surface area contributed by atoms with Crippen molar-refractivity contribution < 1.29 is 14.2 Å². The number of benzene rings is 1. The van der Waals surface area contributed by atoms with Crippen LogP contribution in [0.4, 0.5) is 0 Å². The molecule has 9 heteroatoms. The lowest BCUT2D eigenvalue weighted by atomic mass is 10.2. The second-order valence-corrected chi connectivity index (χ2v) is 8.06. The number of nitrogens with zero attached hydrogens (tertiary/aromatic N) is 5. The number of hydrogen-bond acceptors (Lipinski definition) is 7. The summed E-state index contributed by atoms with van der Waals surface area (Å²) in [4.78, 5) is 9.06. The van der Waals surface area contributed by atoms with Crippen LogP contribution >= 0.6 is 0 Å². The Kier molecular flexibility index (Phi) is 5.60. The van der Waals surface area contributed by atoms with Crippen LogP contribution in [0.1, 0.15) is 32.2 Å². The number of nitrogens with one attached hydrogen (secondary N) is 1. The molecule has 3 aromatic heterocycles. The van der Waals surface area contributed by atoms with Crippen molar-refractivity contribution in [2.45, 2.75) is 39.5 Å². The van der Waals surface area contributed by atoms with Gasteiger partial charge in [-0.05, 0) is 45.0 Å². The standard InChI is InChI=1S/C22H26N6O3/c1-22(2,3)31-13-18-24-21(19-16-7-6-10-23-20(16)26-25-19)28(27-18)12-14-8-9-15(29-4)11-17(14)30-5/h6-11H,12-13H2,1-5H3,(H,23,25,26). The zero-order valence-electron chi connectivity index (χ0n) is 18.3. The third-order valence-corrected chi connectivity index (χ3v) is 4.72. The van der Waals surface area contributed by atoms with Crippen molar-refractivity contribution >= 4 is 11.0 Å².